The maximum atomic E-state index is 15.1. The number of amides is 12. The van der Waals surface area contributed by atoms with E-state index in [1.807, 2.05) is 80.6 Å². The van der Waals surface area contributed by atoms with E-state index in [9.17, 15) is 57.8 Å². The molecule has 121 heavy (non-hydrogen) atoms. The first-order valence-corrected chi connectivity index (χ1v) is 41.9. The Kier molecular flexibility index (Phi) is 38.1. The molecule has 12 amide bonds. The minimum Gasteiger partial charge on any atom is -0.490 e. The lowest BCUT2D eigenvalue weighted by Gasteiger charge is -2.41. The minimum absolute atomic E-state index is 0.000230. The zero-order valence-corrected chi connectivity index (χ0v) is 74.1. The number of esters is 1. The first-order valence-electron chi connectivity index (χ1n) is 41.9. The number of rotatable bonds is 43. The molecule has 32 heteroatoms. The summed E-state index contributed by atoms with van der Waals surface area (Å²) < 4.78 is 40.9. The molecule has 1 fully saturated rings. The van der Waals surface area contributed by atoms with Gasteiger partial charge in [0.05, 0.1) is 61.0 Å². The van der Waals surface area contributed by atoms with Crippen LogP contribution in [0.4, 0.5) is 24.9 Å². The second-order valence-corrected chi connectivity index (χ2v) is 34.3. The van der Waals surface area contributed by atoms with Crippen LogP contribution in [0, 0.1) is 29.6 Å². The molecule has 1 aliphatic heterocycles. The zero-order chi connectivity index (χ0) is 89.9. The molecule has 668 valence electrons. The highest BCUT2D eigenvalue weighted by Crippen LogP contribution is 2.45. The predicted octanol–water partition coefficient (Wildman–Crippen LogP) is 9.52. The average Bonchev–Trinajstić information content (AvgIpc) is 1.61. The number of nitrogens with one attached hydrogen (secondary N) is 8. The van der Waals surface area contributed by atoms with Crippen molar-refractivity contribution in [2.75, 3.05) is 66.5 Å². The van der Waals surface area contributed by atoms with E-state index in [0.29, 0.717) is 36.9 Å². The maximum Gasteiger partial charge on any atom is 0.410 e. The number of aliphatic hydroxyl groups is 1. The number of likely N-dealkylation sites (tertiary alicyclic amines) is 1. The van der Waals surface area contributed by atoms with Crippen LogP contribution >= 0.6 is 0 Å². The molecule has 0 aromatic heterocycles. The molecule has 1 heterocycles. The second-order valence-electron chi connectivity index (χ2n) is 34.3. The molecule has 0 bridgehead atoms. The fourth-order valence-corrected chi connectivity index (χ4v) is 15.2. The molecule has 0 radical (unpaired) electrons. The number of methoxy groups -OCH3 is 2. The number of aliphatic hydroxyl groups excluding tert-OH is 1. The number of nitrogens with zero attached hydrogens (tertiary/aromatic N) is 3. The standard InChI is InChI=1S/C89H132N12O20/c1-21-54(8)75(69(115-19)48-70(102)101-45-30-38-67(101)77(116-20)55(9)78(105)93-56(10)76(104)58-31-23-22-24-32-58)99(17)83(110)73(52(4)5)98-82(109)74(53(6)7)100(18)87(114)119-49-57-39-40-64(68(47-57)117-46-44-92-85(112)121-89(14,15)16)94-79(106)65(37-29-43-91-84(90)111)95-81(108)72(51(2)3)97-80(107)66(41-42-71(103)120-88(11,12)13)96-86(113)118-50-63-61-35-27-25-33-59(61)60-34-26-28-36-62(60)63/h22-28,31-36,39-40,47,51-56,63,65-67,69,72-77,104H,21,29-30,37-38,41-46,48-50H2,1-20H3,(H,92,112)(H,93,105)(H,94,106)(H,95,108)(H,96,113)(H,97,107)(H,98,109)(H3,90,91,111)/t54-,55+,56+,65-,66-,67-,69+,72-,73-,74-,75-,76+,77+/m0/s1. The molecule has 0 spiro atoms. The van der Waals surface area contributed by atoms with Gasteiger partial charge in [0.15, 0.2) is 0 Å². The van der Waals surface area contributed by atoms with Crippen LogP contribution < -0.4 is 53.0 Å². The van der Waals surface area contributed by atoms with Gasteiger partial charge in [-0.2, -0.15) is 0 Å². The molecule has 0 unspecified atom stereocenters. The maximum absolute atomic E-state index is 15.1. The topological polar surface area (TPSA) is 422 Å². The Morgan fingerprint density at radius 1 is 0.620 bits per heavy atom. The van der Waals surface area contributed by atoms with Crippen molar-refractivity contribution in [3.63, 3.8) is 0 Å². The summed E-state index contributed by atoms with van der Waals surface area (Å²) in [4.78, 5) is 172. The van der Waals surface area contributed by atoms with Gasteiger partial charge in [0, 0.05) is 53.7 Å². The number of anilines is 1. The van der Waals surface area contributed by atoms with Crippen LogP contribution in [-0.4, -0.2) is 224 Å². The van der Waals surface area contributed by atoms with Gasteiger partial charge in [0.25, 0.3) is 0 Å². The lowest BCUT2D eigenvalue weighted by molar-refractivity contribution is -0.155. The van der Waals surface area contributed by atoms with Crippen LogP contribution in [0.15, 0.2) is 97.1 Å². The quantitative estimate of drug-likeness (QED) is 0.0112. The third-order valence-electron chi connectivity index (χ3n) is 21.6. The Morgan fingerprint density at radius 2 is 1.22 bits per heavy atom. The highest BCUT2D eigenvalue weighted by Gasteiger charge is 2.45. The zero-order valence-electron chi connectivity index (χ0n) is 74.1. The number of alkyl carbamates (subject to hydrolysis) is 2. The molecule has 1 aliphatic carbocycles. The number of primary amides is 1. The number of hydrogen-bond acceptors (Lipinski definition) is 20. The number of carbonyl (C=O) groups excluding carboxylic acids is 12. The molecule has 2 aliphatic rings. The van der Waals surface area contributed by atoms with E-state index < -0.39 is 168 Å². The number of nitrogens with two attached hydrogens (primary N) is 1. The van der Waals surface area contributed by atoms with Crippen molar-refractivity contribution in [1.82, 2.24) is 51.9 Å². The van der Waals surface area contributed by atoms with Crippen molar-refractivity contribution >= 4 is 77.3 Å². The highest BCUT2D eigenvalue weighted by molar-refractivity contribution is 6.00. The van der Waals surface area contributed by atoms with Gasteiger partial charge in [-0.3, -0.25) is 43.3 Å². The van der Waals surface area contributed by atoms with Crippen molar-refractivity contribution in [1.29, 1.82) is 0 Å². The predicted molar refractivity (Wildman–Crippen MR) is 456 cm³/mol. The van der Waals surface area contributed by atoms with Gasteiger partial charge < -0.3 is 96.3 Å². The van der Waals surface area contributed by atoms with Crippen molar-refractivity contribution in [3.8, 4) is 16.9 Å². The Labute approximate surface area is 712 Å². The van der Waals surface area contributed by atoms with Crippen LogP contribution in [0.3, 0.4) is 0 Å². The molecule has 4 aromatic rings. The largest absolute Gasteiger partial charge is 0.490 e. The lowest BCUT2D eigenvalue weighted by Crippen LogP contribution is -2.60. The number of fused-ring (bicyclic) bond motifs is 3. The van der Waals surface area contributed by atoms with Crippen molar-refractivity contribution in [3.05, 3.63) is 119 Å². The van der Waals surface area contributed by atoms with Crippen LogP contribution in [0.1, 0.15) is 196 Å². The van der Waals surface area contributed by atoms with Gasteiger partial charge >= 0.3 is 30.3 Å². The van der Waals surface area contributed by atoms with Crippen molar-refractivity contribution in [2.24, 2.45) is 35.3 Å². The Morgan fingerprint density at radius 3 is 1.80 bits per heavy atom. The number of ether oxygens (including phenoxy) is 7. The van der Waals surface area contributed by atoms with Crippen LogP contribution in [0.5, 0.6) is 5.75 Å². The summed E-state index contributed by atoms with van der Waals surface area (Å²) in [6.45, 7) is 27.4. The first-order chi connectivity index (χ1) is 57.0. The Bertz CT molecular complexity index is 4110. The van der Waals surface area contributed by atoms with Gasteiger partial charge in [0.1, 0.15) is 67.0 Å². The van der Waals surface area contributed by atoms with E-state index in [1.165, 1.54) is 44.4 Å². The van der Waals surface area contributed by atoms with E-state index >= 15 is 4.79 Å². The monoisotopic (exact) mass is 1690 g/mol. The number of likely N-dealkylation sites (N-methyl/N-ethyl adjacent to an activating group) is 2. The van der Waals surface area contributed by atoms with E-state index in [0.717, 1.165) is 27.2 Å². The summed E-state index contributed by atoms with van der Waals surface area (Å²) in [6.07, 6.45) is -4.07. The summed E-state index contributed by atoms with van der Waals surface area (Å²) in [5.74, 6) is -7.84. The minimum atomic E-state index is -1.44. The Balaban J connectivity index is 1.17. The summed E-state index contributed by atoms with van der Waals surface area (Å²) in [5.41, 5.74) is 8.59. The van der Waals surface area contributed by atoms with Crippen molar-refractivity contribution < 1.29 is 95.8 Å². The van der Waals surface area contributed by atoms with E-state index in [1.54, 1.807) is 121 Å². The summed E-state index contributed by atoms with van der Waals surface area (Å²) >= 11 is 0. The molecule has 0 saturated carbocycles. The van der Waals surface area contributed by atoms with Crippen LogP contribution in [-0.2, 0) is 73.4 Å². The van der Waals surface area contributed by atoms with E-state index in [4.69, 9.17) is 38.9 Å². The number of urea groups is 1. The fraction of sp³-hybridized carbons (Fsp3) is 0.596. The Hall–Kier alpha value is -10.6. The molecular weight excluding hydrogens is 1560 g/mol. The van der Waals surface area contributed by atoms with Gasteiger partial charge in [-0.05, 0) is 150 Å². The van der Waals surface area contributed by atoms with Crippen molar-refractivity contribution in [2.45, 2.75) is 253 Å². The van der Waals surface area contributed by atoms with Gasteiger partial charge in [-0.1, -0.05) is 154 Å². The number of benzene rings is 4. The molecule has 11 N–H and O–H groups in total. The molecule has 1 saturated heterocycles. The SMILES string of the molecule is CC[C@H](C)[C@@H]([C@@H](CC(=O)N1CCC[C@H]1[C@H](OC)[C@@H](C)C(=O)N[C@H](C)[C@@H](O)c1ccccc1)OC)N(C)C(=O)[C@@H](NC(=O)[C@H](C(C)C)N(C)C(=O)OCc1ccc(NC(=O)[C@H](CCCNC(N)=O)NC(=O)[C@@H](NC(=O)[C@H](CCC(=O)OC(C)(C)C)NC(=O)OCC2c3ccccc3-c3ccccc32)C(C)C)c(OCCNC(=O)OC(C)(C)C)c1)C(C)C. The summed E-state index contributed by atoms with van der Waals surface area (Å²) in [6, 6.07) is 19.8. The third-order valence-corrected chi connectivity index (χ3v) is 21.6. The molecule has 32 nitrogen and oxygen atoms in total. The molecular formula is C89H132N12O20. The van der Waals surface area contributed by atoms with Gasteiger partial charge in [0.2, 0.25) is 41.4 Å². The lowest BCUT2D eigenvalue weighted by atomic mass is 9.89. The normalized spacial score (nSPS) is 16.3. The average molecular weight is 1690 g/mol. The van der Waals surface area contributed by atoms with Gasteiger partial charge in [-0.15, -0.1) is 0 Å². The fourth-order valence-electron chi connectivity index (χ4n) is 15.2. The van der Waals surface area contributed by atoms with E-state index in [-0.39, 0.29) is 93.5 Å². The van der Waals surface area contributed by atoms with E-state index in [2.05, 4.69) is 42.5 Å². The first kappa shape index (κ1) is 99.2. The summed E-state index contributed by atoms with van der Waals surface area (Å²) in [5, 5.41) is 32.9. The molecule has 6 rings (SSSR count). The smallest absolute Gasteiger partial charge is 0.410 e. The highest BCUT2D eigenvalue weighted by atomic mass is 16.6. The second kappa shape index (κ2) is 46.4. The van der Waals surface area contributed by atoms with Gasteiger partial charge in [-0.25, -0.2) is 19.2 Å². The number of hydrogen-bond donors (Lipinski definition) is 10. The van der Waals surface area contributed by atoms with Crippen LogP contribution in [0.2, 0.25) is 0 Å². The van der Waals surface area contributed by atoms with Crippen LogP contribution in [0.25, 0.3) is 11.1 Å². The third kappa shape index (κ3) is 29.3. The molecule has 13 atom stereocenters. The summed E-state index contributed by atoms with van der Waals surface area (Å²) in [7, 11) is 5.99. The molecule has 4 aromatic carbocycles. The number of carbonyl (C=O) groups is 12.